The van der Waals surface area contributed by atoms with Crippen LogP contribution >= 0.6 is 0 Å². The Bertz CT molecular complexity index is 1060. The molecule has 2 aliphatic rings. The van der Waals surface area contributed by atoms with Crippen LogP contribution in [0.1, 0.15) is 37.0 Å². The molecule has 0 saturated carbocycles. The molecule has 6 nitrogen and oxygen atoms in total. The van der Waals surface area contributed by atoms with Crippen molar-refractivity contribution in [3.8, 4) is 0 Å². The SMILES string of the molecule is CC1(C)C[C@@H]2CN(C(=O)c3cnn4cccnc34)CC[C@@H]2N1c1ccc(F)cc1. The van der Waals surface area contributed by atoms with E-state index in [0.717, 1.165) is 25.1 Å². The molecule has 5 rings (SSSR count). The van der Waals surface area contributed by atoms with E-state index in [-0.39, 0.29) is 17.3 Å². The highest BCUT2D eigenvalue weighted by Gasteiger charge is 2.48. The first-order chi connectivity index (χ1) is 13.9. The zero-order chi connectivity index (χ0) is 20.2. The van der Waals surface area contributed by atoms with Gasteiger partial charge in [0.1, 0.15) is 11.4 Å². The maximum Gasteiger partial charge on any atom is 0.259 e. The zero-order valence-electron chi connectivity index (χ0n) is 16.6. The van der Waals surface area contributed by atoms with Crippen molar-refractivity contribution in [3.05, 3.63) is 60.3 Å². The summed E-state index contributed by atoms with van der Waals surface area (Å²) in [7, 11) is 0. The van der Waals surface area contributed by atoms with E-state index in [0.29, 0.717) is 29.7 Å². The molecule has 2 saturated heterocycles. The number of piperidine rings is 1. The van der Waals surface area contributed by atoms with Crippen molar-refractivity contribution in [2.75, 3.05) is 18.0 Å². The third-order valence-electron chi connectivity index (χ3n) is 6.34. The van der Waals surface area contributed by atoms with Gasteiger partial charge >= 0.3 is 0 Å². The molecule has 0 unspecified atom stereocenters. The fourth-order valence-corrected chi connectivity index (χ4v) is 5.22. The van der Waals surface area contributed by atoms with Gasteiger partial charge in [-0.2, -0.15) is 5.10 Å². The fourth-order valence-electron chi connectivity index (χ4n) is 5.22. The van der Waals surface area contributed by atoms with Crippen molar-refractivity contribution < 1.29 is 9.18 Å². The molecule has 29 heavy (non-hydrogen) atoms. The summed E-state index contributed by atoms with van der Waals surface area (Å²) in [5.41, 5.74) is 2.16. The van der Waals surface area contributed by atoms with Gasteiger partial charge in [0.05, 0.1) is 6.20 Å². The third kappa shape index (κ3) is 2.96. The van der Waals surface area contributed by atoms with Crippen LogP contribution in [0.25, 0.3) is 5.65 Å². The van der Waals surface area contributed by atoms with E-state index >= 15 is 0 Å². The molecule has 0 bridgehead atoms. The summed E-state index contributed by atoms with van der Waals surface area (Å²) >= 11 is 0. The summed E-state index contributed by atoms with van der Waals surface area (Å²) in [6.07, 6.45) is 6.97. The predicted octanol–water partition coefficient (Wildman–Crippen LogP) is 3.39. The lowest BCUT2D eigenvalue weighted by Crippen LogP contribution is -2.50. The number of aromatic nitrogens is 3. The van der Waals surface area contributed by atoms with E-state index in [1.54, 1.807) is 29.2 Å². The Morgan fingerprint density at radius 2 is 2.03 bits per heavy atom. The lowest BCUT2D eigenvalue weighted by atomic mass is 9.89. The highest BCUT2D eigenvalue weighted by atomic mass is 19.1. The molecule has 0 aliphatic carbocycles. The number of hydrogen-bond acceptors (Lipinski definition) is 4. The Morgan fingerprint density at radius 1 is 1.24 bits per heavy atom. The summed E-state index contributed by atoms with van der Waals surface area (Å²) in [5.74, 6) is 0.155. The normalized spacial score (nSPS) is 23.4. The Kier molecular flexibility index (Phi) is 4.08. The second-order valence-corrected chi connectivity index (χ2v) is 8.68. The highest BCUT2D eigenvalue weighted by Crippen LogP contribution is 2.44. The van der Waals surface area contributed by atoms with E-state index < -0.39 is 0 Å². The number of carbonyl (C=O) groups is 1. The Labute approximate surface area is 168 Å². The van der Waals surface area contributed by atoms with Gasteiger partial charge in [0.2, 0.25) is 0 Å². The van der Waals surface area contributed by atoms with Gasteiger partial charge in [-0.05, 0) is 62.9 Å². The Hall–Kier alpha value is -2.96. The van der Waals surface area contributed by atoms with Crippen LogP contribution in [0.5, 0.6) is 0 Å². The number of likely N-dealkylation sites (tertiary alicyclic amines) is 1. The second kappa shape index (κ2) is 6.54. The van der Waals surface area contributed by atoms with Crippen LogP contribution in [0.15, 0.2) is 48.9 Å². The number of amides is 1. The molecule has 4 heterocycles. The molecular weight excluding hydrogens is 369 g/mol. The van der Waals surface area contributed by atoms with Gasteiger partial charge in [0, 0.05) is 42.8 Å². The van der Waals surface area contributed by atoms with Gasteiger partial charge in [0.25, 0.3) is 5.91 Å². The number of rotatable bonds is 2. The predicted molar refractivity (Wildman–Crippen MR) is 108 cm³/mol. The van der Waals surface area contributed by atoms with Gasteiger partial charge in [-0.1, -0.05) is 0 Å². The quantitative estimate of drug-likeness (QED) is 0.670. The second-order valence-electron chi connectivity index (χ2n) is 8.68. The van der Waals surface area contributed by atoms with E-state index in [1.807, 2.05) is 17.0 Å². The van der Waals surface area contributed by atoms with Crippen molar-refractivity contribution in [3.63, 3.8) is 0 Å². The van der Waals surface area contributed by atoms with E-state index in [2.05, 4.69) is 28.8 Å². The van der Waals surface area contributed by atoms with Crippen LogP contribution in [-0.4, -0.2) is 50.1 Å². The molecule has 2 atom stereocenters. The molecule has 1 aromatic carbocycles. The smallest absolute Gasteiger partial charge is 0.259 e. The molecular formula is C22H24FN5O. The van der Waals surface area contributed by atoms with Crippen molar-refractivity contribution in [1.29, 1.82) is 0 Å². The average Bonchev–Trinajstić information content (AvgIpc) is 3.25. The maximum atomic E-state index is 13.4. The van der Waals surface area contributed by atoms with Crippen LogP contribution in [0.3, 0.4) is 0 Å². The number of carbonyl (C=O) groups excluding carboxylic acids is 1. The summed E-state index contributed by atoms with van der Waals surface area (Å²) in [5, 5.41) is 4.25. The third-order valence-corrected chi connectivity index (χ3v) is 6.34. The maximum absolute atomic E-state index is 13.4. The lowest BCUT2D eigenvalue weighted by Gasteiger charge is -2.41. The lowest BCUT2D eigenvalue weighted by molar-refractivity contribution is 0.0669. The minimum Gasteiger partial charge on any atom is -0.363 e. The number of benzene rings is 1. The van der Waals surface area contributed by atoms with Crippen LogP contribution in [-0.2, 0) is 0 Å². The van der Waals surface area contributed by atoms with Gasteiger partial charge in [-0.3, -0.25) is 4.79 Å². The molecule has 0 N–H and O–H groups in total. The fraction of sp³-hybridized carbons (Fsp3) is 0.409. The minimum atomic E-state index is -0.218. The first-order valence-electron chi connectivity index (χ1n) is 10.1. The van der Waals surface area contributed by atoms with Crippen LogP contribution in [0.4, 0.5) is 10.1 Å². The first kappa shape index (κ1) is 18.1. The average molecular weight is 393 g/mol. The molecule has 7 heteroatoms. The Balaban J connectivity index is 1.39. The highest BCUT2D eigenvalue weighted by molar-refractivity contribution is 5.99. The van der Waals surface area contributed by atoms with E-state index in [1.165, 1.54) is 12.1 Å². The molecule has 0 radical (unpaired) electrons. The van der Waals surface area contributed by atoms with Crippen LogP contribution in [0, 0.1) is 11.7 Å². The number of halogens is 1. The number of nitrogens with zero attached hydrogens (tertiary/aromatic N) is 5. The zero-order valence-corrected chi connectivity index (χ0v) is 16.6. The summed E-state index contributed by atoms with van der Waals surface area (Å²) < 4.78 is 15.0. The van der Waals surface area contributed by atoms with Crippen molar-refractivity contribution in [2.24, 2.45) is 5.92 Å². The van der Waals surface area contributed by atoms with Crippen molar-refractivity contribution in [2.45, 2.75) is 38.3 Å². The molecule has 2 aromatic heterocycles. The molecule has 0 spiro atoms. The van der Waals surface area contributed by atoms with E-state index in [4.69, 9.17) is 0 Å². The molecule has 1 amide bonds. The largest absolute Gasteiger partial charge is 0.363 e. The van der Waals surface area contributed by atoms with Gasteiger partial charge in [0.15, 0.2) is 5.65 Å². The summed E-state index contributed by atoms with van der Waals surface area (Å²) in [6.45, 7) is 5.87. The van der Waals surface area contributed by atoms with Crippen LogP contribution in [0.2, 0.25) is 0 Å². The first-order valence-corrected chi connectivity index (χ1v) is 10.1. The van der Waals surface area contributed by atoms with Crippen molar-refractivity contribution >= 4 is 17.2 Å². The van der Waals surface area contributed by atoms with Crippen LogP contribution < -0.4 is 4.90 Å². The molecule has 150 valence electrons. The van der Waals surface area contributed by atoms with Crippen molar-refractivity contribution in [1.82, 2.24) is 19.5 Å². The molecule has 3 aromatic rings. The standard InChI is InChI=1S/C22H24FN5O/c1-22(2)12-15-14-26(21(29)18-13-25-27-10-3-9-24-20(18)27)11-8-19(15)28(22)17-6-4-16(23)5-7-17/h3-7,9-10,13,15,19H,8,11-12,14H2,1-2H3/t15-,19+/m1/s1. The van der Waals surface area contributed by atoms with Gasteiger partial charge in [-0.15, -0.1) is 0 Å². The molecule has 2 fully saturated rings. The number of fused-ring (bicyclic) bond motifs is 2. The number of anilines is 1. The summed E-state index contributed by atoms with van der Waals surface area (Å²) in [4.78, 5) is 21.9. The van der Waals surface area contributed by atoms with Gasteiger partial charge in [-0.25, -0.2) is 13.9 Å². The number of hydrogen-bond donors (Lipinski definition) is 0. The monoisotopic (exact) mass is 393 g/mol. The Morgan fingerprint density at radius 3 is 2.83 bits per heavy atom. The van der Waals surface area contributed by atoms with Gasteiger partial charge < -0.3 is 9.80 Å². The topological polar surface area (TPSA) is 53.7 Å². The van der Waals surface area contributed by atoms with E-state index in [9.17, 15) is 9.18 Å². The molecule has 2 aliphatic heterocycles. The summed E-state index contributed by atoms with van der Waals surface area (Å²) in [6, 6.07) is 8.92. The minimum absolute atomic E-state index is 0.00446.